The molecule has 0 bridgehead atoms. The number of nitrogens with one attached hydrogen (secondary N) is 2. The molecule has 3 nitrogen and oxygen atoms in total. The van der Waals surface area contributed by atoms with Crippen LogP contribution in [0, 0.1) is 0 Å². The van der Waals surface area contributed by atoms with Crippen LogP contribution < -0.4 is 10.6 Å². The molecule has 1 saturated heterocycles. The monoisotopic (exact) mass is 296 g/mol. The Labute approximate surface area is 110 Å². The van der Waals surface area contributed by atoms with Gasteiger partial charge in [-0.3, -0.25) is 4.79 Å². The smallest absolute Gasteiger partial charge is 0.244 e. The second-order valence-electron chi connectivity index (χ2n) is 4.65. The minimum absolute atomic E-state index is 0.0455. The normalized spacial score (nSPS) is 24.4. The maximum absolute atomic E-state index is 12.2. The Balaban J connectivity index is 2.08. The number of amides is 1. The first kappa shape index (κ1) is 12.6. The third-order valence-corrected chi connectivity index (χ3v) is 3.93. The Kier molecular flexibility index (Phi) is 3.84. The Hall–Kier alpha value is -0.870. The van der Waals surface area contributed by atoms with E-state index in [9.17, 15) is 4.79 Å². The predicted molar refractivity (Wildman–Crippen MR) is 73.0 cm³/mol. The lowest BCUT2D eigenvalue weighted by Gasteiger charge is -2.33. The average Bonchev–Trinajstić information content (AvgIpc) is 2.33. The summed E-state index contributed by atoms with van der Waals surface area (Å²) >= 11 is 3.43. The molecular formula is C13H17BrN2O. The van der Waals surface area contributed by atoms with E-state index >= 15 is 0 Å². The van der Waals surface area contributed by atoms with Gasteiger partial charge in [-0.05, 0) is 60.8 Å². The zero-order valence-electron chi connectivity index (χ0n) is 9.92. The quantitative estimate of drug-likeness (QED) is 0.881. The van der Waals surface area contributed by atoms with Crippen molar-refractivity contribution in [3.8, 4) is 0 Å². The summed E-state index contributed by atoms with van der Waals surface area (Å²) in [6.45, 7) is 2.89. The van der Waals surface area contributed by atoms with Crippen molar-refractivity contribution >= 4 is 27.5 Å². The van der Waals surface area contributed by atoms with Crippen molar-refractivity contribution in [1.29, 1.82) is 0 Å². The Morgan fingerprint density at radius 1 is 1.41 bits per heavy atom. The molecule has 1 aliphatic rings. The van der Waals surface area contributed by atoms with Gasteiger partial charge in [0.05, 0.1) is 11.2 Å². The van der Waals surface area contributed by atoms with Crippen LogP contribution in [0.3, 0.4) is 0 Å². The van der Waals surface area contributed by atoms with Crippen molar-refractivity contribution in [3.63, 3.8) is 0 Å². The minimum atomic E-state index is -0.437. The summed E-state index contributed by atoms with van der Waals surface area (Å²) < 4.78 is 0.910. The van der Waals surface area contributed by atoms with Crippen LogP contribution in [-0.2, 0) is 4.79 Å². The van der Waals surface area contributed by atoms with Gasteiger partial charge in [0, 0.05) is 4.47 Å². The van der Waals surface area contributed by atoms with Gasteiger partial charge in [0.15, 0.2) is 0 Å². The zero-order chi connectivity index (χ0) is 12.3. The van der Waals surface area contributed by atoms with Gasteiger partial charge in [-0.15, -0.1) is 0 Å². The van der Waals surface area contributed by atoms with E-state index in [1.165, 1.54) is 0 Å². The second-order valence-corrected chi connectivity index (χ2v) is 5.50. The first-order chi connectivity index (χ1) is 8.12. The molecule has 0 spiro atoms. The molecule has 1 aliphatic heterocycles. The van der Waals surface area contributed by atoms with E-state index in [1.807, 2.05) is 31.2 Å². The van der Waals surface area contributed by atoms with Crippen LogP contribution in [0.2, 0.25) is 0 Å². The molecule has 4 heteroatoms. The lowest BCUT2D eigenvalue weighted by Crippen LogP contribution is -2.54. The highest BCUT2D eigenvalue weighted by atomic mass is 79.9. The van der Waals surface area contributed by atoms with E-state index in [-0.39, 0.29) is 5.91 Å². The van der Waals surface area contributed by atoms with Crippen molar-refractivity contribution in [1.82, 2.24) is 5.32 Å². The lowest BCUT2D eigenvalue weighted by molar-refractivity contribution is -0.122. The molecule has 92 valence electrons. The van der Waals surface area contributed by atoms with Crippen LogP contribution in [0.5, 0.6) is 0 Å². The fourth-order valence-corrected chi connectivity index (χ4v) is 2.46. The van der Waals surface area contributed by atoms with Gasteiger partial charge >= 0.3 is 0 Å². The fourth-order valence-electron chi connectivity index (χ4n) is 2.07. The van der Waals surface area contributed by atoms with Crippen molar-refractivity contribution in [2.24, 2.45) is 0 Å². The van der Waals surface area contributed by atoms with Crippen molar-refractivity contribution in [3.05, 3.63) is 28.7 Å². The highest BCUT2D eigenvalue weighted by molar-refractivity contribution is 9.10. The van der Waals surface area contributed by atoms with Crippen LogP contribution in [0.15, 0.2) is 28.7 Å². The largest absolute Gasteiger partial charge is 0.323 e. The van der Waals surface area contributed by atoms with Crippen molar-refractivity contribution < 1.29 is 4.79 Å². The van der Waals surface area contributed by atoms with E-state index < -0.39 is 5.54 Å². The molecule has 1 heterocycles. The SMILES string of the molecule is CC1(C(=O)Nc2ccccc2Br)CCCCN1. The summed E-state index contributed by atoms with van der Waals surface area (Å²) in [4.78, 5) is 12.2. The Morgan fingerprint density at radius 2 is 2.18 bits per heavy atom. The van der Waals surface area contributed by atoms with Gasteiger partial charge < -0.3 is 10.6 Å². The third kappa shape index (κ3) is 2.87. The number of piperidine rings is 1. The summed E-state index contributed by atoms with van der Waals surface area (Å²) in [5, 5.41) is 6.28. The standard InChI is InChI=1S/C13H17BrN2O/c1-13(8-4-5-9-15-13)12(17)16-11-7-3-2-6-10(11)14/h2-3,6-7,15H,4-5,8-9H2,1H3,(H,16,17). The molecule has 2 N–H and O–H groups in total. The maximum atomic E-state index is 12.2. The molecular weight excluding hydrogens is 280 g/mol. The number of benzene rings is 1. The van der Waals surface area contributed by atoms with Crippen LogP contribution in [0.25, 0.3) is 0 Å². The Morgan fingerprint density at radius 3 is 2.82 bits per heavy atom. The summed E-state index contributed by atoms with van der Waals surface area (Å²) in [5.41, 5.74) is 0.388. The zero-order valence-corrected chi connectivity index (χ0v) is 11.5. The molecule has 2 rings (SSSR count). The number of hydrogen-bond acceptors (Lipinski definition) is 2. The number of para-hydroxylation sites is 1. The highest BCUT2D eigenvalue weighted by Gasteiger charge is 2.34. The van der Waals surface area contributed by atoms with Crippen LogP contribution in [-0.4, -0.2) is 18.0 Å². The summed E-state index contributed by atoms with van der Waals surface area (Å²) in [6, 6.07) is 7.66. The van der Waals surface area contributed by atoms with E-state index in [0.717, 1.165) is 36.0 Å². The average molecular weight is 297 g/mol. The maximum Gasteiger partial charge on any atom is 0.244 e. The van der Waals surface area contributed by atoms with E-state index in [1.54, 1.807) is 0 Å². The highest BCUT2D eigenvalue weighted by Crippen LogP contribution is 2.25. The van der Waals surface area contributed by atoms with Crippen molar-refractivity contribution in [2.75, 3.05) is 11.9 Å². The lowest BCUT2D eigenvalue weighted by atomic mass is 9.90. The van der Waals surface area contributed by atoms with Gasteiger partial charge in [0.25, 0.3) is 0 Å². The molecule has 17 heavy (non-hydrogen) atoms. The molecule has 1 amide bonds. The van der Waals surface area contributed by atoms with Gasteiger partial charge in [-0.25, -0.2) is 0 Å². The topological polar surface area (TPSA) is 41.1 Å². The molecule has 1 aromatic rings. The van der Waals surface area contributed by atoms with E-state index in [4.69, 9.17) is 0 Å². The summed E-state index contributed by atoms with van der Waals surface area (Å²) in [6.07, 6.45) is 3.15. The number of carbonyl (C=O) groups is 1. The van der Waals surface area contributed by atoms with Gasteiger partial charge in [0.1, 0.15) is 0 Å². The molecule has 0 aromatic heterocycles. The molecule has 1 fully saturated rings. The van der Waals surface area contributed by atoms with Gasteiger partial charge in [-0.2, -0.15) is 0 Å². The number of halogens is 1. The third-order valence-electron chi connectivity index (χ3n) is 3.24. The minimum Gasteiger partial charge on any atom is -0.323 e. The number of anilines is 1. The molecule has 0 aliphatic carbocycles. The Bertz CT molecular complexity index is 414. The number of carbonyl (C=O) groups excluding carboxylic acids is 1. The summed E-state index contributed by atoms with van der Waals surface area (Å²) in [5.74, 6) is 0.0455. The van der Waals surface area contributed by atoms with Gasteiger partial charge in [0.2, 0.25) is 5.91 Å². The summed E-state index contributed by atoms with van der Waals surface area (Å²) in [7, 11) is 0. The second kappa shape index (κ2) is 5.19. The fraction of sp³-hybridized carbons (Fsp3) is 0.462. The van der Waals surface area contributed by atoms with Crippen molar-refractivity contribution in [2.45, 2.75) is 31.7 Å². The first-order valence-corrected chi connectivity index (χ1v) is 6.72. The van der Waals surface area contributed by atoms with E-state index in [2.05, 4.69) is 26.6 Å². The first-order valence-electron chi connectivity index (χ1n) is 5.93. The van der Waals surface area contributed by atoms with E-state index in [0.29, 0.717) is 0 Å². The molecule has 1 atom stereocenters. The molecule has 1 aromatic carbocycles. The number of rotatable bonds is 2. The van der Waals surface area contributed by atoms with Crippen LogP contribution in [0.4, 0.5) is 5.69 Å². The van der Waals surface area contributed by atoms with Gasteiger partial charge in [-0.1, -0.05) is 12.1 Å². The molecule has 1 unspecified atom stereocenters. The predicted octanol–water partition coefficient (Wildman–Crippen LogP) is 2.92. The molecule has 0 radical (unpaired) electrons. The van der Waals surface area contributed by atoms with Crippen LogP contribution in [0.1, 0.15) is 26.2 Å². The van der Waals surface area contributed by atoms with Crippen LogP contribution >= 0.6 is 15.9 Å². The number of hydrogen-bond donors (Lipinski definition) is 2. The molecule has 0 saturated carbocycles.